The van der Waals surface area contributed by atoms with Gasteiger partial charge in [0.15, 0.2) is 0 Å². The summed E-state index contributed by atoms with van der Waals surface area (Å²) in [4.78, 5) is 46.4. The largest absolute Gasteiger partial charge is 0.480 e. The fourth-order valence-corrected chi connectivity index (χ4v) is 4.08. The van der Waals surface area contributed by atoms with Gasteiger partial charge in [0.25, 0.3) is 5.91 Å². The second kappa shape index (κ2) is 12.6. The molecule has 1 fully saturated rings. The first kappa shape index (κ1) is 28.2. The molecule has 0 unspecified atom stereocenters. The molecule has 1 aliphatic heterocycles. The Labute approximate surface area is 216 Å². The predicted octanol–water partition coefficient (Wildman–Crippen LogP) is 3.26. The van der Waals surface area contributed by atoms with Crippen LogP contribution in [0.5, 0.6) is 0 Å². The van der Waals surface area contributed by atoms with E-state index < -0.39 is 29.9 Å². The van der Waals surface area contributed by atoms with Crippen molar-refractivity contribution in [2.45, 2.75) is 31.8 Å². The van der Waals surface area contributed by atoms with Crippen LogP contribution in [0, 0.1) is 0 Å². The van der Waals surface area contributed by atoms with Gasteiger partial charge in [-0.3, -0.25) is 14.4 Å². The molecule has 0 radical (unpaired) electrons. The normalized spacial score (nSPS) is 15.6. The lowest BCUT2D eigenvalue weighted by Gasteiger charge is -2.18. The highest BCUT2D eigenvalue weighted by Gasteiger charge is 2.35. The molecule has 2 aromatic rings. The summed E-state index contributed by atoms with van der Waals surface area (Å²) in [6.45, 7) is 1.66. The van der Waals surface area contributed by atoms with Gasteiger partial charge in [0, 0.05) is 23.9 Å². The minimum absolute atomic E-state index is 0.202. The van der Waals surface area contributed by atoms with Gasteiger partial charge < -0.3 is 26.2 Å². The highest BCUT2D eigenvalue weighted by atomic mass is 35.5. The summed E-state index contributed by atoms with van der Waals surface area (Å²) < 4.78 is 0. The smallest absolute Gasteiger partial charge is 0.326 e. The summed E-state index contributed by atoms with van der Waals surface area (Å²) >= 11 is 16.8. The quantitative estimate of drug-likeness (QED) is 0.408. The Morgan fingerprint density at radius 1 is 1.11 bits per heavy atom. The first-order valence-electron chi connectivity index (χ1n) is 10.2. The number of nitrogens with one attached hydrogen (secondary N) is 1. The van der Waals surface area contributed by atoms with Gasteiger partial charge >= 0.3 is 11.9 Å². The SMILES string of the molecule is CC(=O)N1CC(=S)C[C@H]1C(=O)O.N[C@@H](Cc1ccc(NC(=O)c2c(Cl)cccc2Cl)cc1)C(=O)O. The van der Waals surface area contributed by atoms with E-state index in [1.807, 2.05) is 0 Å². The second-order valence-electron chi connectivity index (χ2n) is 7.64. The van der Waals surface area contributed by atoms with Gasteiger partial charge in [-0.25, -0.2) is 4.79 Å². The Hall–Kier alpha value is -3.05. The van der Waals surface area contributed by atoms with Crippen LogP contribution in [-0.2, 0) is 20.8 Å². The van der Waals surface area contributed by atoms with Gasteiger partial charge in [-0.15, -0.1) is 0 Å². The Morgan fingerprint density at radius 2 is 1.69 bits per heavy atom. The van der Waals surface area contributed by atoms with Crippen molar-refractivity contribution in [2.75, 3.05) is 11.9 Å². The molecule has 2 atom stereocenters. The molecule has 0 spiro atoms. The maximum atomic E-state index is 12.2. The van der Waals surface area contributed by atoms with Crippen molar-refractivity contribution in [3.63, 3.8) is 0 Å². The maximum Gasteiger partial charge on any atom is 0.326 e. The molecule has 1 heterocycles. The zero-order valence-corrected chi connectivity index (χ0v) is 20.9. The third-order valence-electron chi connectivity index (χ3n) is 5.01. The highest BCUT2D eigenvalue weighted by Crippen LogP contribution is 2.25. The van der Waals surface area contributed by atoms with Crippen molar-refractivity contribution in [1.29, 1.82) is 0 Å². The summed E-state index contributed by atoms with van der Waals surface area (Å²) in [6.07, 6.45) is 0.518. The van der Waals surface area contributed by atoms with E-state index in [1.54, 1.807) is 42.5 Å². The van der Waals surface area contributed by atoms with E-state index in [0.29, 0.717) is 23.5 Å². The van der Waals surface area contributed by atoms with Crippen LogP contribution in [0.1, 0.15) is 29.3 Å². The number of thiocarbonyl (C=S) groups is 1. The Morgan fingerprint density at radius 3 is 2.14 bits per heavy atom. The van der Waals surface area contributed by atoms with Crippen molar-refractivity contribution in [3.05, 3.63) is 63.6 Å². The highest BCUT2D eigenvalue weighted by molar-refractivity contribution is 7.80. The van der Waals surface area contributed by atoms with Crippen LogP contribution in [0.15, 0.2) is 42.5 Å². The van der Waals surface area contributed by atoms with E-state index >= 15 is 0 Å². The number of aliphatic carboxylic acids is 2. The number of carbonyl (C=O) groups is 4. The summed E-state index contributed by atoms with van der Waals surface area (Å²) in [7, 11) is 0. The summed E-state index contributed by atoms with van der Waals surface area (Å²) in [6, 6.07) is 9.84. The zero-order valence-electron chi connectivity index (χ0n) is 18.5. The topological polar surface area (TPSA) is 150 Å². The first-order valence-corrected chi connectivity index (χ1v) is 11.4. The van der Waals surface area contributed by atoms with Crippen LogP contribution in [-0.4, -0.2) is 62.4 Å². The van der Waals surface area contributed by atoms with Crippen LogP contribution in [0.3, 0.4) is 0 Å². The van der Waals surface area contributed by atoms with Crippen LogP contribution in [0.2, 0.25) is 10.0 Å². The summed E-state index contributed by atoms with van der Waals surface area (Å²) in [5.74, 6) is -2.70. The number of likely N-dealkylation sites (tertiary alicyclic amines) is 1. The number of carbonyl (C=O) groups excluding carboxylic acids is 2. The van der Waals surface area contributed by atoms with Crippen LogP contribution in [0.4, 0.5) is 5.69 Å². The Kier molecular flexibility index (Phi) is 10.1. The molecule has 9 nitrogen and oxygen atoms in total. The van der Waals surface area contributed by atoms with Gasteiger partial charge in [0.1, 0.15) is 12.1 Å². The van der Waals surface area contributed by atoms with Crippen LogP contribution >= 0.6 is 35.4 Å². The van der Waals surface area contributed by atoms with E-state index in [4.69, 9.17) is 51.4 Å². The van der Waals surface area contributed by atoms with Crippen molar-refractivity contribution in [1.82, 2.24) is 4.90 Å². The lowest BCUT2D eigenvalue weighted by Crippen LogP contribution is -2.39. The Bertz CT molecular complexity index is 1100. The molecule has 186 valence electrons. The molecule has 0 bridgehead atoms. The Balaban J connectivity index is 0.000000303. The van der Waals surface area contributed by atoms with Gasteiger partial charge in [0.2, 0.25) is 5.91 Å². The lowest BCUT2D eigenvalue weighted by atomic mass is 10.1. The molecule has 2 aromatic carbocycles. The lowest BCUT2D eigenvalue weighted by molar-refractivity contribution is -0.147. The molecular weight excluding hydrogens is 517 g/mol. The number of carboxylic acid groups (broad SMARTS) is 2. The van der Waals surface area contributed by atoms with E-state index in [-0.39, 0.29) is 27.9 Å². The molecular formula is C23H23Cl2N3O6S. The van der Waals surface area contributed by atoms with Crippen LogP contribution < -0.4 is 11.1 Å². The van der Waals surface area contributed by atoms with Crippen molar-refractivity contribution in [3.8, 4) is 0 Å². The molecule has 1 saturated heterocycles. The first-order chi connectivity index (χ1) is 16.4. The second-order valence-corrected chi connectivity index (χ2v) is 9.03. The standard InChI is InChI=1S/C16H14Cl2N2O3.C7H9NO3S/c17-11-2-1-3-12(18)14(11)15(21)20-10-6-4-9(5-7-10)8-13(19)16(22)23;1-4(9)8-3-5(12)2-6(8)7(10)11/h1-7,13H,8,19H2,(H,20,21)(H,22,23);6H,2-3H2,1H3,(H,10,11)/t13-;6-/m00/s1. The van der Waals surface area contributed by atoms with E-state index in [2.05, 4.69) is 5.32 Å². The van der Waals surface area contributed by atoms with Gasteiger partial charge in [-0.2, -0.15) is 0 Å². The number of amides is 2. The number of benzene rings is 2. The summed E-state index contributed by atoms with van der Waals surface area (Å²) in [5, 5.41) is 20.7. The van der Waals surface area contributed by atoms with Crippen molar-refractivity contribution in [2.24, 2.45) is 5.73 Å². The number of anilines is 1. The third-order valence-corrected chi connectivity index (χ3v) is 5.93. The fraction of sp³-hybridized carbons (Fsp3) is 0.261. The van der Waals surface area contributed by atoms with Crippen molar-refractivity contribution >= 4 is 69.7 Å². The molecule has 0 aromatic heterocycles. The number of halogens is 2. The van der Waals surface area contributed by atoms with E-state index in [0.717, 1.165) is 5.56 Å². The summed E-state index contributed by atoms with van der Waals surface area (Å²) in [5.41, 5.74) is 6.98. The van der Waals surface area contributed by atoms with Gasteiger partial charge in [-0.1, -0.05) is 53.6 Å². The molecule has 5 N–H and O–H groups in total. The zero-order chi connectivity index (χ0) is 26.3. The molecule has 12 heteroatoms. The minimum atomic E-state index is -1.06. The average molecular weight is 540 g/mol. The molecule has 0 saturated carbocycles. The molecule has 0 aliphatic carbocycles. The van der Waals surface area contributed by atoms with Crippen LogP contribution in [0.25, 0.3) is 0 Å². The number of rotatable bonds is 6. The number of nitrogens with zero attached hydrogens (tertiary/aromatic N) is 1. The van der Waals surface area contributed by atoms with E-state index in [9.17, 15) is 19.2 Å². The fourth-order valence-electron chi connectivity index (χ4n) is 3.22. The minimum Gasteiger partial charge on any atom is -0.480 e. The van der Waals surface area contributed by atoms with Gasteiger partial charge in [-0.05, 0) is 36.2 Å². The van der Waals surface area contributed by atoms with E-state index in [1.165, 1.54) is 11.8 Å². The average Bonchev–Trinajstić information content (AvgIpc) is 3.18. The molecule has 1 aliphatic rings. The van der Waals surface area contributed by atoms with Gasteiger partial charge in [0.05, 0.1) is 22.2 Å². The maximum absolute atomic E-state index is 12.2. The monoisotopic (exact) mass is 539 g/mol. The third kappa shape index (κ3) is 8.00. The predicted molar refractivity (Wildman–Crippen MR) is 136 cm³/mol. The van der Waals surface area contributed by atoms with Crippen molar-refractivity contribution < 1.29 is 29.4 Å². The molecule has 2 amide bonds. The molecule has 35 heavy (non-hydrogen) atoms. The number of carboxylic acids is 2. The molecule has 3 rings (SSSR count). The number of nitrogens with two attached hydrogens (primary N) is 1. The number of hydrogen-bond acceptors (Lipinski definition) is 6. The number of hydrogen-bond donors (Lipinski definition) is 4.